The minimum absolute atomic E-state index is 0.0949. The van der Waals surface area contributed by atoms with Crippen LogP contribution in [0.4, 0.5) is 14.5 Å². The molecule has 102 valence electrons. The van der Waals surface area contributed by atoms with E-state index in [2.05, 4.69) is 46.9 Å². The molecule has 1 rings (SSSR count). The van der Waals surface area contributed by atoms with E-state index in [0.29, 0.717) is 8.95 Å². The maximum absolute atomic E-state index is 12.4. The second kappa shape index (κ2) is 7.67. The molecule has 9 heteroatoms. The van der Waals surface area contributed by atoms with Crippen LogP contribution in [-0.2, 0) is 0 Å². The van der Waals surface area contributed by atoms with Gasteiger partial charge in [0, 0.05) is 8.95 Å². The molecule has 0 atom stereocenters. The van der Waals surface area contributed by atoms with Gasteiger partial charge in [-0.15, -0.1) is 0 Å². The van der Waals surface area contributed by atoms with Gasteiger partial charge >= 0.3 is 6.61 Å². The largest absolute Gasteiger partial charge is 0.432 e. The SMILES string of the molecule is CSC(=Nc1c(Br)cc(Br)cc1OC(F)F)NC#N. The van der Waals surface area contributed by atoms with Crippen molar-refractivity contribution in [3.05, 3.63) is 21.1 Å². The first-order chi connectivity index (χ1) is 8.97. The van der Waals surface area contributed by atoms with Crippen LogP contribution in [0.5, 0.6) is 5.75 Å². The fourth-order valence-electron chi connectivity index (χ4n) is 1.11. The third-order valence-electron chi connectivity index (χ3n) is 1.78. The highest BCUT2D eigenvalue weighted by molar-refractivity contribution is 9.11. The van der Waals surface area contributed by atoms with Crippen LogP contribution in [0.2, 0.25) is 0 Å². The van der Waals surface area contributed by atoms with Gasteiger partial charge in [0.15, 0.2) is 17.1 Å². The number of halogens is 4. The zero-order valence-corrected chi connectivity index (χ0v) is 13.4. The van der Waals surface area contributed by atoms with Crippen LogP contribution in [-0.4, -0.2) is 18.0 Å². The molecule has 0 saturated carbocycles. The molecule has 0 aliphatic rings. The van der Waals surface area contributed by atoms with E-state index in [1.165, 1.54) is 17.8 Å². The molecule has 0 aliphatic carbocycles. The molecule has 0 unspecified atom stereocenters. The van der Waals surface area contributed by atoms with E-state index >= 15 is 0 Å². The molecule has 0 saturated heterocycles. The zero-order valence-electron chi connectivity index (χ0n) is 9.45. The van der Waals surface area contributed by atoms with E-state index < -0.39 is 6.61 Å². The molecule has 0 fully saturated rings. The van der Waals surface area contributed by atoms with E-state index in [0.717, 1.165) is 0 Å². The first-order valence-corrected chi connectivity index (χ1v) is 7.50. The number of nitriles is 1. The van der Waals surface area contributed by atoms with Gasteiger partial charge in [0.25, 0.3) is 0 Å². The fraction of sp³-hybridized carbons (Fsp3) is 0.200. The Morgan fingerprint density at radius 3 is 2.74 bits per heavy atom. The van der Waals surface area contributed by atoms with Crippen LogP contribution in [0, 0.1) is 11.5 Å². The highest BCUT2D eigenvalue weighted by atomic mass is 79.9. The molecule has 0 radical (unpaired) electrons. The normalized spacial score (nSPS) is 11.3. The van der Waals surface area contributed by atoms with Gasteiger partial charge in [0.1, 0.15) is 5.69 Å². The Labute approximate surface area is 129 Å². The summed E-state index contributed by atoms with van der Waals surface area (Å²) in [6, 6.07) is 3.02. The standard InChI is InChI=1S/C10H7Br2F2N3OS/c1-19-10(16-4-15)17-8-6(12)2-5(11)3-7(8)18-9(13)14/h2-3,9H,1H3,(H,16,17). The Kier molecular flexibility index (Phi) is 6.54. The van der Waals surface area contributed by atoms with Gasteiger partial charge in [-0.3, -0.25) is 5.32 Å². The first kappa shape index (κ1) is 16.2. The molecule has 0 amide bonds. The molecule has 1 aromatic carbocycles. The number of aliphatic imine (C=N–C) groups is 1. The number of hydrogen-bond acceptors (Lipinski definition) is 4. The topological polar surface area (TPSA) is 57.4 Å². The van der Waals surface area contributed by atoms with Crippen LogP contribution < -0.4 is 10.1 Å². The Morgan fingerprint density at radius 2 is 2.21 bits per heavy atom. The van der Waals surface area contributed by atoms with Gasteiger partial charge in [-0.2, -0.15) is 14.0 Å². The van der Waals surface area contributed by atoms with E-state index in [-0.39, 0.29) is 16.6 Å². The molecule has 4 nitrogen and oxygen atoms in total. The average molecular weight is 415 g/mol. The number of nitrogens with zero attached hydrogens (tertiary/aromatic N) is 2. The second-order valence-electron chi connectivity index (χ2n) is 2.97. The summed E-state index contributed by atoms with van der Waals surface area (Å²) in [7, 11) is 0. The van der Waals surface area contributed by atoms with Crippen molar-refractivity contribution in [2.24, 2.45) is 4.99 Å². The lowest BCUT2D eigenvalue weighted by Crippen LogP contribution is -2.12. The maximum atomic E-state index is 12.4. The van der Waals surface area contributed by atoms with Crippen LogP contribution in [0.3, 0.4) is 0 Å². The van der Waals surface area contributed by atoms with E-state index in [4.69, 9.17) is 5.26 Å². The number of alkyl halides is 2. The third-order valence-corrected chi connectivity index (χ3v) is 3.42. The number of hydrogen-bond donors (Lipinski definition) is 1. The summed E-state index contributed by atoms with van der Waals surface area (Å²) >= 11 is 7.56. The van der Waals surface area contributed by atoms with Gasteiger partial charge in [-0.25, -0.2) is 4.99 Å². The Bertz CT molecular complexity index is 534. The Balaban J connectivity index is 3.28. The summed E-state index contributed by atoms with van der Waals surface area (Å²) < 4.78 is 30.1. The van der Waals surface area contributed by atoms with Gasteiger partial charge < -0.3 is 4.74 Å². The quantitative estimate of drug-likeness (QED) is 0.348. The average Bonchev–Trinajstić information content (AvgIpc) is 2.31. The molecular weight excluding hydrogens is 408 g/mol. The minimum atomic E-state index is -2.96. The van der Waals surface area contributed by atoms with Crippen molar-refractivity contribution in [2.75, 3.05) is 6.26 Å². The van der Waals surface area contributed by atoms with Crippen molar-refractivity contribution in [1.29, 1.82) is 5.26 Å². The number of ether oxygens (including phenoxy) is 1. The molecule has 0 aromatic heterocycles. The number of amidine groups is 1. The highest BCUT2D eigenvalue weighted by Crippen LogP contribution is 2.39. The summed E-state index contributed by atoms with van der Waals surface area (Å²) in [5.74, 6) is -0.0949. The van der Waals surface area contributed by atoms with Crippen molar-refractivity contribution in [2.45, 2.75) is 6.61 Å². The van der Waals surface area contributed by atoms with Gasteiger partial charge in [0.2, 0.25) is 0 Å². The molecule has 1 N–H and O–H groups in total. The first-order valence-electron chi connectivity index (χ1n) is 4.69. The van der Waals surface area contributed by atoms with Gasteiger partial charge in [0.05, 0.1) is 0 Å². The Hall–Kier alpha value is -0.850. The highest BCUT2D eigenvalue weighted by Gasteiger charge is 2.14. The van der Waals surface area contributed by atoms with Crippen molar-refractivity contribution < 1.29 is 13.5 Å². The summed E-state index contributed by atoms with van der Waals surface area (Å²) in [5, 5.41) is 11.2. The maximum Gasteiger partial charge on any atom is 0.387 e. The summed E-state index contributed by atoms with van der Waals surface area (Å²) in [4.78, 5) is 4.08. The number of benzene rings is 1. The number of nitrogens with one attached hydrogen (secondary N) is 1. The number of thioether (sulfide) groups is 1. The Morgan fingerprint density at radius 1 is 1.53 bits per heavy atom. The molecule has 1 aromatic rings. The lowest BCUT2D eigenvalue weighted by atomic mass is 10.3. The minimum Gasteiger partial charge on any atom is -0.432 e. The van der Waals surface area contributed by atoms with Crippen molar-refractivity contribution >= 4 is 54.5 Å². The number of rotatable bonds is 3. The van der Waals surface area contributed by atoms with Crippen LogP contribution in [0.1, 0.15) is 0 Å². The third kappa shape index (κ3) is 4.97. The van der Waals surface area contributed by atoms with E-state index in [1.54, 1.807) is 18.5 Å². The van der Waals surface area contributed by atoms with Crippen LogP contribution in [0.15, 0.2) is 26.1 Å². The summed E-state index contributed by atoms with van der Waals surface area (Å²) in [6.07, 6.45) is 3.41. The molecular formula is C10H7Br2F2N3OS. The van der Waals surface area contributed by atoms with Gasteiger partial charge in [-0.1, -0.05) is 27.7 Å². The fourth-order valence-corrected chi connectivity index (χ4v) is 2.72. The van der Waals surface area contributed by atoms with Crippen molar-refractivity contribution in [3.8, 4) is 11.9 Å². The van der Waals surface area contributed by atoms with Crippen molar-refractivity contribution in [3.63, 3.8) is 0 Å². The molecule has 19 heavy (non-hydrogen) atoms. The van der Waals surface area contributed by atoms with Crippen molar-refractivity contribution in [1.82, 2.24) is 5.32 Å². The predicted molar refractivity (Wildman–Crippen MR) is 77.8 cm³/mol. The van der Waals surface area contributed by atoms with E-state index in [9.17, 15) is 8.78 Å². The molecule has 0 spiro atoms. The lowest BCUT2D eigenvalue weighted by Gasteiger charge is -2.11. The second-order valence-corrected chi connectivity index (χ2v) is 5.54. The summed E-state index contributed by atoms with van der Waals surface area (Å²) in [6.45, 7) is -2.96. The summed E-state index contributed by atoms with van der Waals surface area (Å²) in [5.41, 5.74) is 0.176. The van der Waals surface area contributed by atoms with Crippen LogP contribution in [0.25, 0.3) is 0 Å². The molecule has 0 bridgehead atoms. The monoisotopic (exact) mass is 413 g/mol. The smallest absolute Gasteiger partial charge is 0.387 e. The lowest BCUT2D eigenvalue weighted by molar-refractivity contribution is -0.0494. The zero-order chi connectivity index (χ0) is 14.4. The molecule has 0 heterocycles. The molecule has 0 aliphatic heterocycles. The van der Waals surface area contributed by atoms with Gasteiger partial charge in [-0.05, 0) is 34.3 Å². The van der Waals surface area contributed by atoms with Crippen LogP contribution >= 0.6 is 43.6 Å². The predicted octanol–water partition coefficient (Wildman–Crippen LogP) is 4.23. The van der Waals surface area contributed by atoms with E-state index in [1.807, 2.05) is 0 Å².